The number of oxazole rings is 1. The number of benzene rings is 1. The Bertz CT molecular complexity index is 697. The maximum absolute atomic E-state index is 5.82. The van der Waals surface area contributed by atoms with Gasteiger partial charge in [-0.25, -0.2) is 4.98 Å². The van der Waals surface area contributed by atoms with Crippen molar-refractivity contribution < 1.29 is 4.42 Å². The highest BCUT2D eigenvalue weighted by atomic mass is 32.1. The summed E-state index contributed by atoms with van der Waals surface area (Å²) in [4.78, 5) is 5.52. The molecule has 2 N–H and O–H groups in total. The van der Waals surface area contributed by atoms with Crippen LogP contribution in [-0.2, 0) is 0 Å². The monoisotopic (exact) mass is 244 g/mol. The van der Waals surface area contributed by atoms with E-state index in [0.717, 1.165) is 32.1 Å². The summed E-state index contributed by atoms with van der Waals surface area (Å²) < 4.78 is 5.82. The molecule has 4 heteroatoms. The Labute approximate surface area is 103 Å². The molecule has 3 aromatic rings. The zero-order chi connectivity index (χ0) is 12.0. The molecule has 0 aliphatic carbocycles. The first kappa shape index (κ1) is 10.4. The van der Waals surface area contributed by atoms with Crippen molar-refractivity contribution in [2.45, 2.75) is 13.8 Å². The van der Waals surface area contributed by atoms with Crippen LogP contribution in [0.1, 0.15) is 11.1 Å². The second-order valence-electron chi connectivity index (χ2n) is 4.10. The minimum absolute atomic E-state index is 0.661. The predicted molar refractivity (Wildman–Crippen MR) is 71.2 cm³/mol. The van der Waals surface area contributed by atoms with Crippen molar-refractivity contribution >= 4 is 27.4 Å². The molecule has 0 radical (unpaired) electrons. The van der Waals surface area contributed by atoms with E-state index in [-0.39, 0.29) is 0 Å². The number of nitrogens with zero attached hydrogens (tertiary/aromatic N) is 1. The third-order valence-electron chi connectivity index (χ3n) is 2.74. The molecule has 0 saturated heterocycles. The van der Waals surface area contributed by atoms with Crippen molar-refractivity contribution in [1.82, 2.24) is 4.98 Å². The van der Waals surface area contributed by atoms with E-state index in [1.165, 1.54) is 11.3 Å². The van der Waals surface area contributed by atoms with Gasteiger partial charge in [0.1, 0.15) is 5.52 Å². The third kappa shape index (κ3) is 1.61. The Morgan fingerprint density at radius 2 is 2.06 bits per heavy atom. The molecule has 2 heterocycles. The van der Waals surface area contributed by atoms with E-state index >= 15 is 0 Å². The van der Waals surface area contributed by atoms with Gasteiger partial charge in [-0.3, -0.25) is 0 Å². The fourth-order valence-electron chi connectivity index (χ4n) is 1.90. The van der Waals surface area contributed by atoms with Gasteiger partial charge in [0.05, 0.1) is 9.88 Å². The minimum atomic E-state index is 0.661. The fourth-order valence-corrected chi connectivity index (χ4v) is 2.77. The van der Waals surface area contributed by atoms with Crippen LogP contribution in [0.15, 0.2) is 28.7 Å². The number of aryl methyl sites for hydroxylation is 2. The lowest BCUT2D eigenvalue weighted by Crippen LogP contribution is -1.74. The summed E-state index contributed by atoms with van der Waals surface area (Å²) in [6, 6.07) is 7.91. The Morgan fingerprint density at radius 1 is 1.24 bits per heavy atom. The van der Waals surface area contributed by atoms with Gasteiger partial charge in [0, 0.05) is 0 Å². The first-order chi connectivity index (χ1) is 8.15. The molecule has 0 aliphatic rings. The quantitative estimate of drug-likeness (QED) is 0.709. The van der Waals surface area contributed by atoms with Gasteiger partial charge in [0.15, 0.2) is 5.58 Å². The second-order valence-corrected chi connectivity index (χ2v) is 5.19. The van der Waals surface area contributed by atoms with Gasteiger partial charge >= 0.3 is 0 Å². The Hall–Kier alpha value is -1.81. The van der Waals surface area contributed by atoms with Crippen molar-refractivity contribution in [3.63, 3.8) is 0 Å². The van der Waals surface area contributed by atoms with E-state index in [1.807, 2.05) is 38.1 Å². The number of aromatic nitrogens is 1. The van der Waals surface area contributed by atoms with Crippen molar-refractivity contribution in [2.75, 3.05) is 5.73 Å². The molecule has 0 atom stereocenters. The molecule has 0 fully saturated rings. The predicted octanol–water partition coefficient (Wildman–Crippen LogP) is 3.76. The molecule has 0 spiro atoms. The lowest BCUT2D eigenvalue weighted by molar-refractivity contribution is 0.619. The number of nitrogen functional groups attached to an aromatic ring is 1. The molecular formula is C13H12N2OS. The topological polar surface area (TPSA) is 52.0 Å². The molecule has 0 amide bonds. The van der Waals surface area contributed by atoms with Crippen LogP contribution >= 0.6 is 11.3 Å². The first-order valence-electron chi connectivity index (χ1n) is 5.37. The zero-order valence-corrected chi connectivity index (χ0v) is 10.5. The van der Waals surface area contributed by atoms with Crippen LogP contribution in [0.25, 0.3) is 21.9 Å². The van der Waals surface area contributed by atoms with Gasteiger partial charge in [-0.2, -0.15) is 0 Å². The molecule has 0 aliphatic heterocycles. The van der Waals surface area contributed by atoms with Gasteiger partial charge in [-0.1, -0.05) is 12.1 Å². The summed E-state index contributed by atoms with van der Waals surface area (Å²) in [5.41, 5.74) is 9.75. The van der Waals surface area contributed by atoms with Gasteiger partial charge in [-0.05, 0) is 37.1 Å². The van der Waals surface area contributed by atoms with Crippen LogP contribution in [-0.4, -0.2) is 4.98 Å². The number of rotatable bonds is 1. The SMILES string of the molecule is Cc1cc(N)sc1-c1nc2cccc(C)c2o1. The largest absolute Gasteiger partial charge is 0.435 e. The number of fused-ring (bicyclic) bond motifs is 1. The highest BCUT2D eigenvalue weighted by Crippen LogP contribution is 2.35. The molecule has 86 valence electrons. The van der Waals surface area contributed by atoms with Gasteiger partial charge in [0.25, 0.3) is 0 Å². The summed E-state index contributed by atoms with van der Waals surface area (Å²) in [5.74, 6) is 0.661. The zero-order valence-electron chi connectivity index (χ0n) is 9.65. The standard InChI is InChI=1S/C13H12N2OS/c1-7-4-3-5-9-11(7)16-13(15-9)12-8(2)6-10(14)17-12/h3-6H,14H2,1-2H3. The van der Waals surface area contributed by atoms with E-state index < -0.39 is 0 Å². The molecule has 2 aromatic heterocycles. The molecule has 0 bridgehead atoms. The van der Waals surface area contributed by atoms with E-state index in [9.17, 15) is 0 Å². The van der Waals surface area contributed by atoms with Gasteiger partial charge in [-0.15, -0.1) is 11.3 Å². The second kappa shape index (κ2) is 3.60. The van der Waals surface area contributed by atoms with Crippen LogP contribution < -0.4 is 5.73 Å². The van der Waals surface area contributed by atoms with E-state index in [2.05, 4.69) is 4.98 Å². The van der Waals surface area contributed by atoms with Crippen LogP contribution in [0.5, 0.6) is 0 Å². The average molecular weight is 244 g/mol. The van der Waals surface area contributed by atoms with E-state index in [0.29, 0.717) is 5.89 Å². The number of nitrogens with two attached hydrogens (primary N) is 1. The summed E-state index contributed by atoms with van der Waals surface area (Å²) in [6.07, 6.45) is 0. The highest BCUT2D eigenvalue weighted by Gasteiger charge is 2.14. The Kier molecular flexibility index (Phi) is 2.19. The third-order valence-corrected chi connectivity index (χ3v) is 3.80. The number of hydrogen-bond donors (Lipinski definition) is 1. The highest BCUT2D eigenvalue weighted by molar-refractivity contribution is 7.19. The molecule has 0 saturated carbocycles. The van der Waals surface area contributed by atoms with Crippen molar-refractivity contribution in [2.24, 2.45) is 0 Å². The summed E-state index contributed by atoms with van der Waals surface area (Å²) >= 11 is 1.51. The van der Waals surface area contributed by atoms with Crippen LogP contribution in [0.4, 0.5) is 5.00 Å². The van der Waals surface area contributed by atoms with Crippen molar-refractivity contribution in [3.05, 3.63) is 35.4 Å². The first-order valence-corrected chi connectivity index (χ1v) is 6.19. The number of para-hydroxylation sites is 1. The fraction of sp³-hybridized carbons (Fsp3) is 0.154. The van der Waals surface area contributed by atoms with Crippen LogP contribution in [0.2, 0.25) is 0 Å². The van der Waals surface area contributed by atoms with Gasteiger partial charge < -0.3 is 10.2 Å². The number of anilines is 1. The van der Waals surface area contributed by atoms with Crippen molar-refractivity contribution in [3.8, 4) is 10.8 Å². The summed E-state index contributed by atoms with van der Waals surface area (Å²) in [6.45, 7) is 4.04. The number of thiophene rings is 1. The molecule has 3 nitrogen and oxygen atoms in total. The normalized spacial score (nSPS) is 11.2. The van der Waals surface area contributed by atoms with Crippen molar-refractivity contribution in [1.29, 1.82) is 0 Å². The maximum Gasteiger partial charge on any atom is 0.237 e. The van der Waals surface area contributed by atoms with E-state index in [1.54, 1.807) is 0 Å². The van der Waals surface area contributed by atoms with Crippen LogP contribution in [0, 0.1) is 13.8 Å². The Balaban J connectivity index is 2.25. The molecular weight excluding hydrogens is 232 g/mol. The smallest absolute Gasteiger partial charge is 0.237 e. The minimum Gasteiger partial charge on any atom is -0.435 e. The van der Waals surface area contributed by atoms with Gasteiger partial charge in [0.2, 0.25) is 5.89 Å². The van der Waals surface area contributed by atoms with E-state index in [4.69, 9.17) is 10.2 Å². The lowest BCUT2D eigenvalue weighted by atomic mass is 10.2. The molecule has 0 unspecified atom stereocenters. The average Bonchev–Trinajstić information content (AvgIpc) is 2.82. The number of hydrogen-bond acceptors (Lipinski definition) is 4. The molecule has 1 aromatic carbocycles. The lowest BCUT2D eigenvalue weighted by Gasteiger charge is -1.91. The maximum atomic E-state index is 5.82. The summed E-state index contributed by atoms with van der Waals surface area (Å²) in [7, 11) is 0. The molecule has 17 heavy (non-hydrogen) atoms. The Morgan fingerprint density at radius 3 is 2.71 bits per heavy atom. The summed E-state index contributed by atoms with van der Waals surface area (Å²) in [5, 5.41) is 0.788. The van der Waals surface area contributed by atoms with Crippen LogP contribution in [0.3, 0.4) is 0 Å². The molecule has 3 rings (SSSR count).